The highest BCUT2D eigenvalue weighted by Gasteiger charge is 2.19. The lowest BCUT2D eigenvalue weighted by Crippen LogP contribution is -2.30. The summed E-state index contributed by atoms with van der Waals surface area (Å²) in [6.45, 7) is 6.44. The lowest BCUT2D eigenvalue weighted by atomic mass is 10.1. The van der Waals surface area contributed by atoms with Crippen LogP contribution in [0.3, 0.4) is 0 Å². The van der Waals surface area contributed by atoms with Crippen LogP contribution in [0.2, 0.25) is 0 Å². The van der Waals surface area contributed by atoms with Crippen LogP contribution in [0.15, 0.2) is 146 Å². The summed E-state index contributed by atoms with van der Waals surface area (Å²) >= 11 is 0. The van der Waals surface area contributed by atoms with E-state index in [0.717, 1.165) is 161 Å². The van der Waals surface area contributed by atoms with Gasteiger partial charge in [0.2, 0.25) is 0 Å². The summed E-state index contributed by atoms with van der Waals surface area (Å²) in [6, 6.07) is 0. The molecular formula is C73H118O6. The average molecular weight is 1090 g/mol. The Hall–Kier alpha value is -4.71. The Kier molecular flexibility index (Phi) is 61.9. The molecule has 0 rings (SSSR count). The van der Waals surface area contributed by atoms with Crippen molar-refractivity contribution in [3.63, 3.8) is 0 Å². The van der Waals surface area contributed by atoms with Gasteiger partial charge in [-0.2, -0.15) is 0 Å². The van der Waals surface area contributed by atoms with E-state index < -0.39 is 6.10 Å². The average Bonchev–Trinajstić information content (AvgIpc) is 3.45. The Balaban J connectivity index is 4.44. The first-order valence-corrected chi connectivity index (χ1v) is 32.3. The normalized spacial score (nSPS) is 13.1. The molecule has 0 aliphatic carbocycles. The number of rotatable bonds is 57. The van der Waals surface area contributed by atoms with Gasteiger partial charge in [0.05, 0.1) is 0 Å². The number of carbonyl (C=O) groups is 3. The van der Waals surface area contributed by atoms with Crippen LogP contribution in [0.5, 0.6) is 0 Å². The number of esters is 3. The fourth-order valence-corrected chi connectivity index (χ4v) is 8.46. The summed E-state index contributed by atoms with van der Waals surface area (Å²) in [5, 5.41) is 0. The lowest BCUT2D eigenvalue weighted by molar-refractivity contribution is -0.167. The van der Waals surface area contributed by atoms with E-state index in [9.17, 15) is 14.4 Å². The minimum absolute atomic E-state index is 0.101. The Morgan fingerprint density at radius 3 is 0.772 bits per heavy atom. The standard InChI is InChI=1S/C73H118O6/c1-4-7-10-13-16-19-22-25-28-30-31-32-33-34-35-36-37-38-39-40-41-43-45-48-51-54-57-60-63-66-72(75)78-69-70(68-77-71(74)65-62-59-56-53-50-47-44-27-24-21-18-15-12-9-6-3)79-73(76)67-64-61-58-55-52-49-46-42-29-26-23-20-17-14-11-8-5-2/h7,10,16-21,25-29,31-32,34-35,37-38,40-41,44-45,48,70H,4-6,8-9,11-15,22-24,30,33,36,39,42-43,46-47,49-69H2,1-3H3/b10-7-,19-16-,20-17-,21-18-,28-25-,29-26-,32-31-,35-34-,38-37-,41-40-,44-27-,48-45-. The van der Waals surface area contributed by atoms with E-state index in [1.807, 2.05) is 0 Å². The second-order valence-corrected chi connectivity index (χ2v) is 20.9. The predicted octanol–water partition coefficient (Wildman–Crippen LogP) is 22.3. The number of unbranched alkanes of at least 4 members (excludes halogenated alkanes) is 22. The van der Waals surface area contributed by atoms with Gasteiger partial charge in [0.1, 0.15) is 13.2 Å². The zero-order chi connectivity index (χ0) is 57.1. The van der Waals surface area contributed by atoms with Crippen LogP contribution in [0, 0.1) is 0 Å². The van der Waals surface area contributed by atoms with Gasteiger partial charge in [0, 0.05) is 19.3 Å². The number of hydrogen-bond donors (Lipinski definition) is 0. The van der Waals surface area contributed by atoms with E-state index in [1.54, 1.807) is 0 Å². The minimum atomic E-state index is -0.806. The summed E-state index contributed by atoms with van der Waals surface area (Å²) in [5.74, 6) is -0.948. The van der Waals surface area contributed by atoms with Gasteiger partial charge < -0.3 is 14.2 Å². The molecule has 0 amide bonds. The maximum atomic E-state index is 12.9. The number of hydrogen-bond acceptors (Lipinski definition) is 6. The molecule has 0 N–H and O–H groups in total. The molecule has 0 bridgehead atoms. The second-order valence-electron chi connectivity index (χ2n) is 20.9. The third kappa shape index (κ3) is 64.0. The highest BCUT2D eigenvalue weighted by molar-refractivity contribution is 5.71. The maximum absolute atomic E-state index is 12.9. The largest absolute Gasteiger partial charge is 0.462 e. The minimum Gasteiger partial charge on any atom is -0.462 e. The van der Waals surface area contributed by atoms with Crippen molar-refractivity contribution in [2.24, 2.45) is 0 Å². The van der Waals surface area contributed by atoms with Gasteiger partial charge in [-0.3, -0.25) is 14.4 Å². The van der Waals surface area contributed by atoms with Crippen molar-refractivity contribution in [1.82, 2.24) is 0 Å². The summed E-state index contributed by atoms with van der Waals surface area (Å²) in [4.78, 5) is 38.3. The Morgan fingerprint density at radius 1 is 0.266 bits per heavy atom. The smallest absolute Gasteiger partial charge is 0.306 e. The number of allylic oxidation sites excluding steroid dienone is 24. The summed E-state index contributed by atoms with van der Waals surface area (Å²) < 4.78 is 16.9. The van der Waals surface area contributed by atoms with Crippen molar-refractivity contribution >= 4 is 17.9 Å². The van der Waals surface area contributed by atoms with E-state index >= 15 is 0 Å². The molecule has 0 aliphatic rings. The van der Waals surface area contributed by atoms with E-state index in [4.69, 9.17) is 14.2 Å². The molecule has 0 spiro atoms. The molecular weight excluding hydrogens is 973 g/mol. The number of carbonyl (C=O) groups excluding carboxylic acids is 3. The van der Waals surface area contributed by atoms with Gasteiger partial charge in [-0.25, -0.2) is 0 Å². The zero-order valence-electron chi connectivity index (χ0n) is 51.1. The van der Waals surface area contributed by atoms with Crippen molar-refractivity contribution in [2.45, 2.75) is 284 Å². The topological polar surface area (TPSA) is 78.9 Å². The predicted molar refractivity (Wildman–Crippen MR) is 343 cm³/mol. The summed E-state index contributed by atoms with van der Waals surface area (Å²) in [6.07, 6.45) is 94.1. The fraction of sp³-hybridized carbons (Fsp3) is 0.630. The van der Waals surface area contributed by atoms with Gasteiger partial charge in [0.15, 0.2) is 6.10 Å². The number of ether oxygens (including phenoxy) is 3. The molecule has 6 heteroatoms. The van der Waals surface area contributed by atoms with Gasteiger partial charge >= 0.3 is 17.9 Å². The Labute approximate surface area is 487 Å². The van der Waals surface area contributed by atoms with E-state index in [-0.39, 0.29) is 31.1 Å². The van der Waals surface area contributed by atoms with E-state index in [2.05, 4.69) is 167 Å². The quantitative estimate of drug-likeness (QED) is 0.0261. The molecule has 0 fully saturated rings. The van der Waals surface area contributed by atoms with Crippen molar-refractivity contribution in [2.75, 3.05) is 13.2 Å². The molecule has 1 atom stereocenters. The Morgan fingerprint density at radius 2 is 0.494 bits per heavy atom. The summed E-state index contributed by atoms with van der Waals surface area (Å²) in [5.41, 5.74) is 0. The van der Waals surface area contributed by atoms with Gasteiger partial charge in [-0.15, -0.1) is 0 Å². The first-order chi connectivity index (χ1) is 39.0. The van der Waals surface area contributed by atoms with Crippen molar-refractivity contribution < 1.29 is 28.6 Å². The van der Waals surface area contributed by atoms with Crippen LogP contribution in [0.1, 0.15) is 278 Å². The molecule has 0 aromatic heterocycles. The van der Waals surface area contributed by atoms with Crippen LogP contribution >= 0.6 is 0 Å². The van der Waals surface area contributed by atoms with Crippen LogP contribution in [0.4, 0.5) is 0 Å². The van der Waals surface area contributed by atoms with Crippen LogP contribution in [-0.4, -0.2) is 37.2 Å². The monoisotopic (exact) mass is 1090 g/mol. The lowest BCUT2D eigenvalue weighted by Gasteiger charge is -2.18. The fourth-order valence-electron chi connectivity index (χ4n) is 8.46. The van der Waals surface area contributed by atoms with Crippen LogP contribution in [-0.2, 0) is 28.6 Å². The molecule has 446 valence electrons. The molecule has 79 heavy (non-hydrogen) atoms. The van der Waals surface area contributed by atoms with Crippen LogP contribution in [0.25, 0.3) is 0 Å². The van der Waals surface area contributed by atoms with E-state index in [1.165, 1.54) is 77.0 Å². The molecule has 1 unspecified atom stereocenters. The van der Waals surface area contributed by atoms with E-state index in [0.29, 0.717) is 19.3 Å². The second kappa shape index (κ2) is 65.8. The van der Waals surface area contributed by atoms with Crippen molar-refractivity contribution in [1.29, 1.82) is 0 Å². The molecule has 0 aliphatic heterocycles. The van der Waals surface area contributed by atoms with Crippen molar-refractivity contribution in [3.8, 4) is 0 Å². The van der Waals surface area contributed by atoms with Gasteiger partial charge in [-0.1, -0.05) is 256 Å². The molecule has 0 radical (unpaired) electrons. The third-order valence-corrected chi connectivity index (χ3v) is 13.3. The van der Waals surface area contributed by atoms with Crippen LogP contribution < -0.4 is 0 Å². The molecule has 0 heterocycles. The SMILES string of the molecule is CC/C=C\C/C=C\C/C=C\C/C=C\C/C=C\C/C=C\C/C=C\C/C=C\CCCCCCC(=O)OCC(COC(=O)CCCCCCC/C=C\C/C=C\CCCCC)OC(=O)CCCCCCCCC/C=C\C/C=C\CCCCC. The third-order valence-electron chi connectivity index (χ3n) is 13.3. The molecule has 0 saturated heterocycles. The molecule has 0 aromatic carbocycles. The molecule has 0 saturated carbocycles. The first-order valence-electron chi connectivity index (χ1n) is 32.3. The maximum Gasteiger partial charge on any atom is 0.306 e. The molecule has 6 nitrogen and oxygen atoms in total. The summed E-state index contributed by atoms with van der Waals surface area (Å²) in [7, 11) is 0. The van der Waals surface area contributed by atoms with Crippen molar-refractivity contribution in [3.05, 3.63) is 146 Å². The highest BCUT2D eigenvalue weighted by Crippen LogP contribution is 2.14. The highest BCUT2D eigenvalue weighted by atomic mass is 16.6. The first kappa shape index (κ1) is 74.3. The zero-order valence-corrected chi connectivity index (χ0v) is 51.1. The van der Waals surface area contributed by atoms with Gasteiger partial charge in [0.25, 0.3) is 0 Å². The Bertz CT molecular complexity index is 1730. The van der Waals surface area contributed by atoms with Gasteiger partial charge in [-0.05, 0) is 148 Å². The molecule has 0 aromatic rings.